The number of nitrogens with one attached hydrogen (secondary N) is 1. The summed E-state index contributed by atoms with van der Waals surface area (Å²) in [5.41, 5.74) is 6.04. The van der Waals surface area contributed by atoms with E-state index in [4.69, 9.17) is 10.8 Å². The highest BCUT2D eigenvalue weighted by Gasteiger charge is 2.21. The third kappa shape index (κ3) is 3.92. The monoisotopic (exact) mass is 386 g/mol. The van der Waals surface area contributed by atoms with Crippen LogP contribution in [-0.2, 0) is 10.0 Å². The summed E-state index contributed by atoms with van der Waals surface area (Å²) in [7, 11) is -3.62. The fourth-order valence-corrected chi connectivity index (χ4v) is 4.88. The normalized spacial score (nSPS) is 11.7. The SMILES string of the molecule is Nc1cc(Br)c(S(=O)(=O)NCCCO)c(Br)c1. The fraction of sp³-hybridized carbons (Fsp3) is 0.333. The van der Waals surface area contributed by atoms with Gasteiger partial charge in [0.15, 0.2) is 0 Å². The van der Waals surface area contributed by atoms with Gasteiger partial charge in [0, 0.05) is 27.8 Å². The molecule has 0 aliphatic heterocycles. The van der Waals surface area contributed by atoms with Gasteiger partial charge in [-0.3, -0.25) is 0 Å². The minimum atomic E-state index is -3.62. The van der Waals surface area contributed by atoms with Gasteiger partial charge < -0.3 is 10.8 Å². The van der Waals surface area contributed by atoms with Crippen molar-refractivity contribution in [1.82, 2.24) is 4.72 Å². The van der Waals surface area contributed by atoms with Crippen molar-refractivity contribution in [2.45, 2.75) is 11.3 Å². The number of halogens is 2. The molecule has 17 heavy (non-hydrogen) atoms. The quantitative estimate of drug-likeness (QED) is 0.526. The molecule has 0 aliphatic rings. The van der Waals surface area contributed by atoms with Crippen LogP contribution in [0.4, 0.5) is 5.69 Å². The van der Waals surface area contributed by atoms with Crippen LogP contribution in [0.25, 0.3) is 0 Å². The van der Waals surface area contributed by atoms with E-state index in [1.165, 1.54) is 12.1 Å². The number of nitrogens with two attached hydrogens (primary N) is 1. The molecule has 1 aromatic rings. The highest BCUT2D eigenvalue weighted by Crippen LogP contribution is 2.32. The van der Waals surface area contributed by atoms with Crippen molar-refractivity contribution < 1.29 is 13.5 Å². The zero-order valence-corrected chi connectivity index (χ0v) is 12.8. The molecule has 0 atom stereocenters. The first-order valence-corrected chi connectivity index (χ1v) is 7.80. The standard InChI is InChI=1S/C9H12Br2N2O3S/c10-7-4-6(12)5-8(11)9(7)17(15,16)13-2-1-3-14/h4-5,13-14H,1-3,12H2. The fourth-order valence-electron chi connectivity index (χ4n) is 1.19. The molecule has 0 radical (unpaired) electrons. The first-order chi connectivity index (χ1) is 7.88. The van der Waals surface area contributed by atoms with Crippen LogP contribution in [0.3, 0.4) is 0 Å². The van der Waals surface area contributed by atoms with Crippen LogP contribution in [-0.4, -0.2) is 26.7 Å². The zero-order chi connectivity index (χ0) is 13.1. The van der Waals surface area contributed by atoms with Crippen LogP contribution in [0.2, 0.25) is 0 Å². The molecule has 5 nitrogen and oxygen atoms in total. The Hall–Kier alpha value is -0.150. The Balaban J connectivity index is 3.07. The molecule has 0 unspecified atom stereocenters. The molecule has 4 N–H and O–H groups in total. The maximum atomic E-state index is 12.0. The second-order valence-electron chi connectivity index (χ2n) is 3.29. The Morgan fingerprint density at radius 1 is 1.29 bits per heavy atom. The first kappa shape index (κ1) is 14.9. The number of hydrogen-bond acceptors (Lipinski definition) is 4. The van der Waals surface area contributed by atoms with Crippen molar-refractivity contribution in [3.63, 3.8) is 0 Å². The Morgan fingerprint density at radius 2 is 1.82 bits per heavy atom. The van der Waals surface area contributed by atoms with Crippen molar-refractivity contribution in [2.24, 2.45) is 0 Å². The molecular formula is C9H12Br2N2O3S. The van der Waals surface area contributed by atoms with E-state index in [1.54, 1.807) is 0 Å². The van der Waals surface area contributed by atoms with Gasteiger partial charge in [-0.05, 0) is 50.4 Å². The lowest BCUT2D eigenvalue weighted by Crippen LogP contribution is -2.26. The van der Waals surface area contributed by atoms with E-state index < -0.39 is 10.0 Å². The summed E-state index contributed by atoms with van der Waals surface area (Å²) in [4.78, 5) is 0.102. The minimum absolute atomic E-state index is 0.0629. The zero-order valence-electron chi connectivity index (χ0n) is 8.78. The predicted octanol–water partition coefficient (Wildman–Crippen LogP) is 1.45. The summed E-state index contributed by atoms with van der Waals surface area (Å²) >= 11 is 6.33. The van der Waals surface area contributed by atoms with Gasteiger partial charge in [-0.2, -0.15) is 0 Å². The molecule has 0 spiro atoms. The topological polar surface area (TPSA) is 92.4 Å². The van der Waals surface area contributed by atoms with Crippen molar-refractivity contribution in [2.75, 3.05) is 18.9 Å². The van der Waals surface area contributed by atoms with Gasteiger partial charge in [0.1, 0.15) is 4.90 Å². The van der Waals surface area contributed by atoms with E-state index in [-0.39, 0.29) is 18.0 Å². The smallest absolute Gasteiger partial charge is 0.242 e. The number of anilines is 1. The van der Waals surface area contributed by atoms with E-state index in [2.05, 4.69) is 36.6 Å². The summed E-state index contributed by atoms with van der Waals surface area (Å²) in [5, 5.41) is 8.61. The summed E-state index contributed by atoms with van der Waals surface area (Å²) in [6.45, 7) is 0.120. The molecule has 0 bridgehead atoms. The second kappa shape index (κ2) is 6.14. The number of rotatable bonds is 5. The molecule has 0 heterocycles. The number of aliphatic hydroxyl groups is 1. The molecule has 0 saturated carbocycles. The maximum absolute atomic E-state index is 12.0. The summed E-state index contributed by atoms with van der Waals surface area (Å²) in [6, 6.07) is 3.04. The summed E-state index contributed by atoms with van der Waals surface area (Å²) < 4.78 is 27.1. The lowest BCUT2D eigenvalue weighted by Gasteiger charge is -2.10. The van der Waals surface area contributed by atoms with E-state index >= 15 is 0 Å². The molecule has 0 aliphatic carbocycles. The molecule has 8 heteroatoms. The Morgan fingerprint density at radius 3 is 2.29 bits per heavy atom. The highest BCUT2D eigenvalue weighted by molar-refractivity contribution is 9.11. The summed E-state index contributed by atoms with van der Waals surface area (Å²) in [5.74, 6) is 0. The Bertz CT molecular complexity index is 482. The van der Waals surface area contributed by atoms with Crippen molar-refractivity contribution in [3.05, 3.63) is 21.1 Å². The number of nitrogen functional groups attached to an aromatic ring is 1. The first-order valence-electron chi connectivity index (χ1n) is 4.73. The van der Waals surface area contributed by atoms with Crippen LogP contribution in [0.5, 0.6) is 0 Å². The Kier molecular flexibility index (Phi) is 5.39. The molecule has 1 rings (SSSR count). The number of aliphatic hydroxyl groups excluding tert-OH is 1. The van der Waals surface area contributed by atoms with Crippen LogP contribution < -0.4 is 10.5 Å². The number of sulfonamides is 1. The maximum Gasteiger partial charge on any atom is 0.242 e. The molecular weight excluding hydrogens is 376 g/mol. The van der Waals surface area contributed by atoms with Gasteiger partial charge in [0.25, 0.3) is 0 Å². The minimum Gasteiger partial charge on any atom is -0.399 e. The van der Waals surface area contributed by atoms with E-state index in [9.17, 15) is 8.42 Å². The van der Waals surface area contributed by atoms with E-state index in [0.717, 1.165) is 0 Å². The van der Waals surface area contributed by atoms with Crippen LogP contribution >= 0.6 is 31.9 Å². The number of benzene rings is 1. The second-order valence-corrected chi connectivity index (χ2v) is 6.70. The predicted molar refractivity (Wildman–Crippen MR) is 73.1 cm³/mol. The van der Waals surface area contributed by atoms with Crippen LogP contribution in [0, 0.1) is 0 Å². The third-order valence-corrected chi connectivity index (χ3v) is 5.25. The van der Waals surface area contributed by atoms with Gasteiger partial charge in [0.05, 0.1) is 0 Å². The van der Waals surface area contributed by atoms with E-state index in [1.807, 2.05) is 0 Å². The van der Waals surface area contributed by atoms with Crippen molar-refractivity contribution in [3.8, 4) is 0 Å². The Labute approximate surface area is 117 Å². The lowest BCUT2D eigenvalue weighted by atomic mass is 10.3. The number of hydrogen-bond donors (Lipinski definition) is 3. The van der Waals surface area contributed by atoms with Crippen molar-refractivity contribution >= 4 is 47.6 Å². The van der Waals surface area contributed by atoms with Crippen LogP contribution in [0.15, 0.2) is 26.0 Å². The van der Waals surface area contributed by atoms with Crippen LogP contribution in [0.1, 0.15) is 6.42 Å². The van der Waals surface area contributed by atoms with Crippen molar-refractivity contribution in [1.29, 1.82) is 0 Å². The summed E-state index contributed by atoms with van der Waals surface area (Å²) in [6.07, 6.45) is 0.365. The molecule has 0 aromatic heterocycles. The average Bonchev–Trinajstić information content (AvgIpc) is 2.15. The van der Waals surface area contributed by atoms with Gasteiger partial charge in [0.2, 0.25) is 10.0 Å². The average molecular weight is 388 g/mol. The van der Waals surface area contributed by atoms with E-state index in [0.29, 0.717) is 21.1 Å². The third-order valence-electron chi connectivity index (χ3n) is 1.92. The molecule has 1 aromatic carbocycles. The van der Waals surface area contributed by atoms with Gasteiger partial charge >= 0.3 is 0 Å². The molecule has 0 amide bonds. The van der Waals surface area contributed by atoms with Gasteiger partial charge in [-0.1, -0.05) is 0 Å². The highest BCUT2D eigenvalue weighted by atomic mass is 79.9. The lowest BCUT2D eigenvalue weighted by molar-refractivity contribution is 0.289. The van der Waals surface area contributed by atoms with Gasteiger partial charge in [-0.15, -0.1) is 0 Å². The molecule has 0 fully saturated rings. The van der Waals surface area contributed by atoms with Gasteiger partial charge in [-0.25, -0.2) is 13.1 Å². The molecule has 96 valence electrons. The molecule has 0 saturated heterocycles. The largest absolute Gasteiger partial charge is 0.399 e.